The van der Waals surface area contributed by atoms with Gasteiger partial charge in [0.25, 0.3) is 0 Å². The summed E-state index contributed by atoms with van der Waals surface area (Å²) in [6, 6.07) is 0. The van der Waals surface area contributed by atoms with Crippen molar-refractivity contribution in [2.24, 2.45) is 0 Å². The van der Waals surface area contributed by atoms with E-state index < -0.39 is 0 Å². The Bertz CT molecular complexity index is 178. The molecule has 1 aliphatic rings. The van der Waals surface area contributed by atoms with Crippen molar-refractivity contribution < 1.29 is 9.84 Å². The summed E-state index contributed by atoms with van der Waals surface area (Å²) < 4.78 is 5.02. The first-order valence-corrected chi connectivity index (χ1v) is 5.76. The zero-order chi connectivity index (χ0) is 11.1. The fraction of sp³-hybridized carbons (Fsp3) is 1.00. The second-order valence-electron chi connectivity index (χ2n) is 4.51. The lowest BCUT2D eigenvalue weighted by Crippen LogP contribution is -2.50. The third-order valence-corrected chi connectivity index (χ3v) is 3.28. The SMILES string of the molecule is COCCNC1(CO)CCCN(C)CC1. The van der Waals surface area contributed by atoms with Crippen molar-refractivity contribution in [3.8, 4) is 0 Å². The van der Waals surface area contributed by atoms with Gasteiger partial charge in [0.1, 0.15) is 0 Å². The zero-order valence-corrected chi connectivity index (χ0v) is 9.96. The summed E-state index contributed by atoms with van der Waals surface area (Å²) in [6.45, 7) is 3.94. The van der Waals surface area contributed by atoms with Gasteiger partial charge in [-0.15, -0.1) is 0 Å². The van der Waals surface area contributed by atoms with Crippen LogP contribution >= 0.6 is 0 Å². The number of hydrogen-bond acceptors (Lipinski definition) is 4. The lowest BCUT2D eigenvalue weighted by atomic mass is 9.91. The molecule has 1 heterocycles. The highest BCUT2D eigenvalue weighted by Gasteiger charge is 2.30. The molecule has 4 nitrogen and oxygen atoms in total. The average Bonchev–Trinajstić information content (AvgIpc) is 2.42. The normalized spacial score (nSPS) is 29.0. The maximum Gasteiger partial charge on any atom is 0.0613 e. The van der Waals surface area contributed by atoms with Crippen LogP contribution in [0.25, 0.3) is 0 Å². The average molecular weight is 216 g/mol. The molecule has 0 spiro atoms. The van der Waals surface area contributed by atoms with Gasteiger partial charge in [-0.2, -0.15) is 0 Å². The van der Waals surface area contributed by atoms with Crippen LogP contribution in [-0.2, 0) is 4.74 Å². The highest BCUT2D eigenvalue weighted by molar-refractivity contribution is 4.90. The molecule has 15 heavy (non-hydrogen) atoms. The van der Waals surface area contributed by atoms with E-state index in [-0.39, 0.29) is 12.1 Å². The summed E-state index contributed by atoms with van der Waals surface area (Å²) in [7, 11) is 3.84. The Labute approximate surface area is 92.6 Å². The van der Waals surface area contributed by atoms with Gasteiger partial charge >= 0.3 is 0 Å². The number of methoxy groups -OCH3 is 1. The van der Waals surface area contributed by atoms with Crippen LogP contribution in [0.4, 0.5) is 0 Å². The molecule has 0 saturated carbocycles. The Morgan fingerprint density at radius 2 is 2.20 bits per heavy atom. The van der Waals surface area contributed by atoms with Crippen LogP contribution < -0.4 is 5.32 Å². The number of rotatable bonds is 5. The number of nitrogens with zero attached hydrogens (tertiary/aromatic N) is 1. The fourth-order valence-corrected chi connectivity index (χ4v) is 2.14. The van der Waals surface area contributed by atoms with Gasteiger partial charge in [0, 0.05) is 19.2 Å². The third kappa shape index (κ3) is 4.07. The summed E-state index contributed by atoms with van der Waals surface area (Å²) in [5.74, 6) is 0. The van der Waals surface area contributed by atoms with E-state index in [1.165, 1.54) is 0 Å². The van der Waals surface area contributed by atoms with E-state index in [2.05, 4.69) is 17.3 Å². The molecule has 4 heteroatoms. The second kappa shape index (κ2) is 6.43. The number of ether oxygens (including phenoxy) is 1. The van der Waals surface area contributed by atoms with E-state index in [0.717, 1.165) is 38.9 Å². The van der Waals surface area contributed by atoms with Crippen molar-refractivity contribution in [2.75, 3.05) is 47.0 Å². The smallest absolute Gasteiger partial charge is 0.0613 e. The van der Waals surface area contributed by atoms with Gasteiger partial charge in [-0.25, -0.2) is 0 Å². The summed E-state index contributed by atoms with van der Waals surface area (Å²) in [6.07, 6.45) is 3.22. The van der Waals surface area contributed by atoms with Crippen molar-refractivity contribution in [1.82, 2.24) is 10.2 Å². The van der Waals surface area contributed by atoms with Gasteiger partial charge in [-0.3, -0.25) is 0 Å². The van der Waals surface area contributed by atoms with Gasteiger partial charge in [0.15, 0.2) is 0 Å². The fourth-order valence-electron chi connectivity index (χ4n) is 2.14. The Morgan fingerprint density at radius 1 is 1.40 bits per heavy atom. The first-order chi connectivity index (χ1) is 7.22. The summed E-state index contributed by atoms with van der Waals surface area (Å²) in [5, 5.41) is 13.0. The van der Waals surface area contributed by atoms with Crippen LogP contribution in [0, 0.1) is 0 Å². The predicted octanol–water partition coefficient (Wildman–Crippen LogP) is 0.0692. The van der Waals surface area contributed by atoms with E-state index in [1.54, 1.807) is 7.11 Å². The molecule has 2 N–H and O–H groups in total. The van der Waals surface area contributed by atoms with Crippen molar-refractivity contribution >= 4 is 0 Å². The molecule has 1 rings (SSSR count). The lowest BCUT2D eigenvalue weighted by molar-refractivity contribution is 0.126. The minimum absolute atomic E-state index is 0.0801. The molecule has 1 atom stereocenters. The Balaban J connectivity index is 2.42. The topological polar surface area (TPSA) is 44.7 Å². The van der Waals surface area contributed by atoms with E-state index >= 15 is 0 Å². The van der Waals surface area contributed by atoms with Crippen LogP contribution in [0.1, 0.15) is 19.3 Å². The molecule has 0 amide bonds. The minimum Gasteiger partial charge on any atom is -0.394 e. The van der Waals surface area contributed by atoms with Gasteiger partial charge in [0.05, 0.1) is 13.2 Å². The Morgan fingerprint density at radius 3 is 2.87 bits per heavy atom. The molecule has 0 radical (unpaired) electrons. The summed E-state index contributed by atoms with van der Waals surface area (Å²) >= 11 is 0. The number of aliphatic hydroxyl groups is 1. The predicted molar refractivity (Wildman–Crippen MR) is 61.0 cm³/mol. The van der Waals surface area contributed by atoms with Crippen LogP contribution in [0.15, 0.2) is 0 Å². The first-order valence-electron chi connectivity index (χ1n) is 5.76. The maximum atomic E-state index is 9.53. The third-order valence-electron chi connectivity index (χ3n) is 3.28. The molecule has 0 aliphatic carbocycles. The van der Waals surface area contributed by atoms with E-state index in [9.17, 15) is 5.11 Å². The first kappa shape index (κ1) is 12.9. The molecular weight excluding hydrogens is 192 g/mol. The van der Waals surface area contributed by atoms with E-state index in [0.29, 0.717) is 6.61 Å². The van der Waals surface area contributed by atoms with Crippen molar-refractivity contribution in [3.63, 3.8) is 0 Å². The molecule has 0 aromatic rings. The van der Waals surface area contributed by atoms with Crippen LogP contribution in [-0.4, -0.2) is 62.6 Å². The molecule has 1 fully saturated rings. The number of hydrogen-bond donors (Lipinski definition) is 2. The van der Waals surface area contributed by atoms with Gasteiger partial charge < -0.3 is 20.1 Å². The molecule has 1 unspecified atom stereocenters. The van der Waals surface area contributed by atoms with Crippen LogP contribution in [0.5, 0.6) is 0 Å². The highest BCUT2D eigenvalue weighted by Crippen LogP contribution is 2.21. The standard InChI is InChI=1S/C11H24N2O2/c1-13-7-3-4-11(10-14,5-8-13)12-6-9-15-2/h12,14H,3-10H2,1-2H3. The molecule has 90 valence electrons. The van der Waals surface area contributed by atoms with Gasteiger partial charge in [0.2, 0.25) is 0 Å². The van der Waals surface area contributed by atoms with E-state index in [1.807, 2.05) is 0 Å². The quantitative estimate of drug-likeness (QED) is 0.638. The molecule has 0 bridgehead atoms. The minimum atomic E-state index is -0.0801. The van der Waals surface area contributed by atoms with Crippen molar-refractivity contribution in [1.29, 1.82) is 0 Å². The number of nitrogens with one attached hydrogen (secondary N) is 1. The van der Waals surface area contributed by atoms with Gasteiger partial charge in [-0.1, -0.05) is 0 Å². The maximum absolute atomic E-state index is 9.53. The monoisotopic (exact) mass is 216 g/mol. The lowest BCUT2D eigenvalue weighted by Gasteiger charge is -2.32. The molecule has 1 saturated heterocycles. The largest absolute Gasteiger partial charge is 0.394 e. The Kier molecular flexibility index (Phi) is 5.53. The van der Waals surface area contributed by atoms with Crippen molar-refractivity contribution in [2.45, 2.75) is 24.8 Å². The summed E-state index contributed by atoms with van der Waals surface area (Å²) in [5.41, 5.74) is -0.0801. The number of likely N-dealkylation sites (tertiary alicyclic amines) is 1. The molecule has 0 aromatic heterocycles. The highest BCUT2D eigenvalue weighted by atomic mass is 16.5. The van der Waals surface area contributed by atoms with Crippen molar-refractivity contribution in [3.05, 3.63) is 0 Å². The van der Waals surface area contributed by atoms with E-state index in [4.69, 9.17) is 4.74 Å². The van der Waals surface area contributed by atoms with Crippen LogP contribution in [0.2, 0.25) is 0 Å². The number of aliphatic hydroxyl groups excluding tert-OH is 1. The molecule has 1 aliphatic heterocycles. The molecular formula is C11H24N2O2. The molecule has 0 aromatic carbocycles. The Hall–Kier alpha value is -0.160. The summed E-state index contributed by atoms with van der Waals surface area (Å²) in [4.78, 5) is 2.33. The second-order valence-corrected chi connectivity index (χ2v) is 4.51. The van der Waals surface area contributed by atoms with Gasteiger partial charge in [-0.05, 0) is 39.4 Å². The zero-order valence-electron chi connectivity index (χ0n) is 9.96. The van der Waals surface area contributed by atoms with Crippen LogP contribution in [0.3, 0.4) is 0 Å².